The molecule has 2 aliphatic rings. The molecule has 1 saturated heterocycles. The van der Waals surface area contributed by atoms with Crippen LogP contribution in [0.4, 0.5) is 34.1 Å². The van der Waals surface area contributed by atoms with Crippen molar-refractivity contribution in [3.63, 3.8) is 0 Å². The first-order valence-electron chi connectivity index (χ1n) is 39.1. The van der Waals surface area contributed by atoms with E-state index in [0.717, 1.165) is 68.1 Å². The third kappa shape index (κ3) is 71.5. The number of hydrogen-bond acceptors (Lipinski definition) is 21. The quantitative estimate of drug-likeness (QED) is 0.0254. The second-order valence-corrected chi connectivity index (χ2v) is 28.7. The summed E-state index contributed by atoms with van der Waals surface area (Å²) in [6.07, 6.45) is 16.2. The number of rotatable bonds is 24. The molecule has 1 saturated carbocycles. The maximum atomic E-state index is 10.2. The molecule has 0 spiro atoms. The van der Waals surface area contributed by atoms with Crippen LogP contribution in [-0.4, -0.2) is 237 Å². The first kappa shape index (κ1) is 123. The second-order valence-electron chi connectivity index (χ2n) is 26.9. The molecule has 2 atom stereocenters. The summed E-state index contributed by atoms with van der Waals surface area (Å²) < 4.78 is 7.39. The van der Waals surface area contributed by atoms with Crippen molar-refractivity contribution >= 4 is 83.0 Å². The van der Waals surface area contributed by atoms with Crippen molar-refractivity contribution in [2.45, 2.75) is 143 Å². The molecule has 658 valence electrons. The lowest BCUT2D eigenvalue weighted by molar-refractivity contribution is -0.118. The molecule has 4 heterocycles. The number of thiazole rings is 1. The standard InChI is InChI=1S/C9H14N2.C9H9NS.C9H19N.C8H8N2S.C8H18N2.2C8H11N.C7H10N2.C5H12N2O.C5H13NO.C5H13N.C4H11N.C2H7N.5CH4/c1-10-8-5-4-6-9(7-8)11(2)3;1-10-8-3-2-7-4-5-11-9(7)6-8;1-8-4-3-5-9(8)6-7-10-2;1-9-6-2-3-7-8(4-6)11-5-10-7;1-9-5-8-10-6-3-2-4-7-10;2*1-7-4-3-5-8(6-7)9-2;1-8-5-7-3-2-4-9-6-7;1-5(8)7-4-3-6-2;1-6(2)4-5-7-3;1-4-5-6(2)3;1-3-4-5-2;1-3-2;;;;;/h4-7,10H,1-3H3;2-6,10H,1H3;8-10H,3-7H2,1-2H3;2-5,9H,1H3;9H,2-8H2,1H3;2*3-6,9H,1-2H3;2-4,6,8H,5H2,1H3;6H,3-4H2,1-2H3,(H,7,8);4-5H2,1-3H3;4-5H2,1-3H3;5H,3-4H2,1-2H3;3H,1-2H3;5*1H4. The smallest absolute Gasteiger partial charge is 0.216 e. The zero-order valence-corrected chi connectivity index (χ0v) is 74.4. The first-order valence-corrected chi connectivity index (χ1v) is 40.9. The van der Waals surface area contributed by atoms with Crippen LogP contribution in [0.3, 0.4) is 0 Å². The molecule has 3 aromatic heterocycles. The van der Waals surface area contributed by atoms with Crippen LogP contribution in [0.1, 0.15) is 139 Å². The number of carbonyl (C=O) groups is 1. The summed E-state index contributed by atoms with van der Waals surface area (Å²) >= 11 is 3.44. The predicted molar refractivity (Wildman–Crippen MR) is 523 cm³/mol. The zero-order valence-electron chi connectivity index (χ0n) is 72.8. The fourth-order valence-electron chi connectivity index (χ4n) is 10.1. The highest BCUT2D eigenvalue weighted by atomic mass is 32.1. The number of ether oxygens (including phenoxy) is 1. The molecule has 0 bridgehead atoms. The molecule has 22 heteroatoms. The highest BCUT2D eigenvalue weighted by molar-refractivity contribution is 7.17. The van der Waals surface area contributed by atoms with Gasteiger partial charge in [-0.3, -0.25) is 9.78 Å². The predicted octanol–water partition coefficient (Wildman–Crippen LogP) is 18.8. The molecule has 5 aromatic carbocycles. The van der Waals surface area contributed by atoms with Crippen LogP contribution in [0.25, 0.3) is 20.3 Å². The van der Waals surface area contributed by atoms with Crippen molar-refractivity contribution in [3.05, 3.63) is 167 Å². The Morgan fingerprint density at radius 1 is 0.535 bits per heavy atom. The average molecular weight is 1630 g/mol. The summed E-state index contributed by atoms with van der Waals surface area (Å²) in [5.74, 6) is 2.04. The van der Waals surface area contributed by atoms with Crippen molar-refractivity contribution in [1.82, 2.24) is 61.9 Å². The number of carbonyl (C=O) groups excluding carboxylic acids is 1. The van der Waals surface area contributed by atoms with E-state index in [1.54, 1.807) is 36.0 Å². The van der Waals surface area contributed by atoms with Crippen LogP contribution in [-0.2, 0) is 16.1 Å². The molecule has 10 rings (SSSR count). The van der Waals surface area contributed by atoms with Crippen LogP contribution in [0.2, 0.25) is 0 Å². The number of nitrogens with zero attached hydrogens (tertiary/aromatic N) is 6. The van der Waals surface area contributed by atoms with Crippen LogP contribution in [0, 0.1) is 25.7 Å². The van der Waals surface area contributed by atoms with Gasteiger partial charge in [0.25, 0.3) is 0 Å². The number of pyridine rings is 1. The van der Waals surface area contributed by atoms with Gasteiger partial charge in [-0.2, -0.15) is 0 Å². The van der Waals surface area contributed by atoms with Crippen molar-refractivity contribution in [2.75, 3.05) is 238 Å². The van der Waals surface area contributed by atoms with E-state index in [1.165, 1.54) is 152 Å². The fourth-order valence-corrected chi connectivity index (χ4v) is 11.7. The molecular formula is C92H176N18O2S2. The third-order valence-corrected chi connectivity index (χ3v) is 18.0. The number of amides is 1. The Hall–Kier alpha value is -7.03. The average Bonchev–Trinajstić information content (AvgIpc) is 1.71. The number of nitrogens with one attached hydrogen (secondary N) is 12. The second kappa shape index (κ2) is 86.8. The van der Waals surface area contributed by atoms with Gasteiger partial charge in [-0.05, 0) is 280 Å². The van der Waals surface area contributed by atoms with E-state index in [0.29, 0.717) is 6.54 Å². The van der Waals surface area contributed by atoms with E-state index in [2.05, 4.69) is 214 Å². The highest BCUT2D eigenvalue weighted by Gasteiger charge is 2.22. The van der Waals surface area contributed by atoms with Crippen molar-refractivity contribution in [2.24, 2.45) is 11.8 Å². The van der Waals surface area contributed by atoms with Gasteiger partial charge in [0.1, 0.15) is 0 Å². The number of aromatic nitrogens is 2. The molecule has 1 aliphatic carbocycles. The Balaban J connectivity index is -0.000000179. The molecule has 2 unspecified atom stereocenters. The Morgan fingerprint density at radius 2 is 1.05 bits per heavy atom. The van der Waals surface area contributed by atoms with Crippen molar-refractivity contribution < 1.29 is 9.53 Å². The van der Waals surface area contributed by atoms with Crippen LogP contribution < -0.4 is 68.7 Å². The third-order valence-electron chi connectivity index (χ3n) is 16.3. The Labute approximate surface area is 710 Å². The largest absolute Gasteiger partial charge is 0.388 e. The molecule has 2 fully saturated rings. The number of aryl methyl sites for hydroxylation is 2. The number of benzene rings is 5. The minimum absolute atomic E-state index is 0. The molecule has 0 radical (unpaired) electrons. The maximum Gasteiger partial charge on any atom is 0.216 e. The van der Waals surface area contributed by atoms with Gasteiger partial charge in [0, 0.05) is 154 Å². The molecule has 8 aromatic rings. The molecule has 114 heavy (non-hydrogen) atoms. The zero-order chi connectivity index (χ0) is 82.1. The lowest BCUT2D eigenvalue weighted by Gasteiger charge is -2.25. The van der Waals surface area contributed by atoms with E-state index in [9.17, 15) is 4.79 Å². The number of piperidine rings is 1. The fraction of sp³-hybridized carbons (Fsp3) is 0.576. The van der Waals surface area contributed by atoms with Crippen LogP contribution in [0.15, 0.2) is 151 Å². The minimum atomic E-state index is 0. The Bertz CT molecular complexity index is 3140. The van der Waals surface area contributed by atoms with Gasteiger partial charge in [0.05, 0.1) is 22.3 Å². The summed E-state index contributed by atoms with van der Waals surface area (Å²) in [4.78, 5) is 27.2. The first-order chi connectivity index (χ1) is 52.5. The van der Waals surface area contributed by atoms with E-state index < -0.39 is 0 Å². The summed E-state index contributed by atoms with van der Waals surface area (Å²) in [5.41, 5.74) is 13.8. The SMILES string of the molecule is C.C.C.C.C.CCCN(C)C.CCCNC.CNC.CNCCC1CCCC1C.CNCCN1CCCCC1.CNCCNC(C)=O.CNCc1cccnc1.CNc1ccc2ccsc2c1.CNc1ccc2ncsc2c1.CNc1cccc(C)c1.CNc1cccc(C)c1.CNc1cccc(N(C)C)c1.COCCN(C)C. The van der Waals surface area contributed by atoms with E-state index in [-0.39, 0.29) is 43.0 Å². The van der Waals surface area contributed by atoms with Crippen LogP contribution in [0.5, 0.6) is 0 Å². The Kier molecular flexibility index (Phi) is 93.4. The number of thiophene rings is 1. The van der Waals surface area contributed by atoms with Gasteiger partial charge < -0.3 is 88.1 Å². The molecule has 20 nitrogen and oxygen atoms in total. The van der Waals surface area contributed by atoms with E-state index in [4.69, 9.17) is 4.74 Å². The summed E-state index contributed by atoms with van der Waals surface area (Å²) in [6.45, 7) is 25.2. The molecule has 1 aliphatic heterocycles. The lowest BCUT2D eigenvalue weighted by atomic mass is 9.95. The number of methoxy groups -OCH3 is 1. The summed E-state index contributed by atoms with van der Waals surface area (Å²) in [7, 11) is 37.2. The van der Waals surface area contributed by atoms with Gasteiger partial charge in [0.2, 0.25) is 5.91 Å². The summed E-state index contributed by atoms with van der Waals surface area (Å²) in [5, 5.41) is 39.6. The van der Waals surface area contributed by atoms with Gasteiger partial charge in [-0.25, -0.2) is 4.98 Å². The lowest BCUT2D eigenvalue weighted by Crippen LogP contribution is -2.34. The van der Waals surface area contributed by atoms with Gasteiger partial charge in [-0.1, -0.05) is 126 Å². The number of likely N-dealkylation sites (N-methyl/N-ethyl adjacent to an activating group) is 3. The van der Waals surface area contributed by atoms with Crippen molar-refractivity contribution in [1.29, 1.82) is 0 Å². The molecular weight excluding hydrogens is 1450 g/mol. The molecule has 12 N–H and O–H groups in total. The topological polar surface area (TPSA) is 209 Å². The monoisotopic (exact) mass is 1630 g/mol. The number of anilines is 6. The minimum Gasteiger partial charge on any atom is -0.388 e. The summed E-state index contributed by atoms with van der Waals surface area (Å²) in [6, 6.07) is 43.5. The Morgan fingerprint density at radius 3 is 1.46 bits per heavy atom. The van der Waals surface area contributed by atoms with E-state index in [1.807, 2.05) is 185 Å². The number of hydrogen-bond donors (Lipinski definition) is 12. The highest BCUT2D eigenvalue weighted by Crippen LogP contribution is 2.33. The molecule has 1 amide bonds. The van der Waals surface area contributed by atoms with Crippen LogP contribution >= 0.6 is 22.7 Å². The van der Waals surface area contributed by atoms with Gasteiger partial charge >= 0.3 is 0 Å². The maximum absolute atomic E-state index is 10.2. The van der Waals surface area contributed by atoms with Crippen molar-refractivity contribution in [3.8, 4) is 0 Å². The number of fused-ring (bicyclic) bond motifs is 2. The number of likely N-dealkylation sites (tertiary alicyclic amines) is 1. The normalized spacial score (nSPS) is 12.1. The van der Waals surface area contributed by atoms with Gasteiger partial charge in [-0.15, -0.1) is 22.7 Å². The van der Waals surface area contributed by atoms with Gasteiger partial charge in [0.15, 0.2) is 0 Å². The van der Waals surface area contributed by atoms with E-state index >= 15 is 0 Å².